The third-order valence-corrected chi connectivity index (χ3v) is 8.15. The molecule has 0 aliphatic carbocycles. The van der Waals surface area contributed by atoms with Crippen LogP contribution < -0.4 is 13.8 Å². The Balaban J connectivity index is 1.79. The van der Waals surface area contributed by atoms with Crippen LogP contribution in [0, 0.1) is 0 Å². The molecule has 224 valence electrons. The summed E-state index contributed by atoms with van der Waals surface area (Å²) in [6, 6.07) is 10.6. The fraction of sp³-hybridized carbons (Fsp3) is 0.250. The van der Waals surface area contributed by atoms with Crippen molar-refractivity contribution in [1.82, 2.24) is 0 Å². The Hall–Kier alpha value is -4.20. The first-order valence-electron chi connectivity index (χ1n) is 12.3. The molecular formula is C28H23F6NO6S. The van der Waals surface area contributed by atoms with Crippen LogP contribution in [0.5, 0.6) is 11.5 Å². The lowest BCUT2D eigenvalue weighted by atomic mass is 10.0. The van der Waals surface area contributed by atoms with Crippen molar-refractivity contribution in [1.29, 1.82) is 0 Å². The standard InChI is InChI=1S/C28H23F6NO6S/c1-40-24-7-3-6-22(28(32,33)34)21(24)11-8-17-9-12-25-23(14-17)35(16-19(41-25)10-13-26(36)37)42(38,39)20-5-2-4-18(15-20)27(29,30)31/h2-9,11-12,14-15,19H,10,13,16H2,1H3,(H,36,37). The van der Waals surface area contributed by atoms with Gasteiger partial charge in [-0.1, -0.05) is 30.4 Å². The van der Waals surface area contributed by atoms with Crippen LogP contribution in [-0.4, -0.2) is 39.3 Å². The summed E-state index contributed by atoms with van der Waals surface area (Å²) in [6.07, 6.45) is -8.48. The van der Waals surface area contributed by atoms with Crippen LogP contribution in [0.4, 0.5) is 32.0 Å². The predicted molar refractivity (Wildman–Crippen MR) is 141 cm³/mol. The smallest absolute Gasteiger partial charge is 0.417 e. The van der Waals surface area contributed by atoms with Crippen molar-refractivity contribution in [2.24, 2.45) is 0 Å². The summed E-state index contributed by atoms with van der Waals surface area (Å²) in [5.41, 5.74) is -2.27. The van der Waals surface area contributed by atoms with Gasteiger partial charge in [-0.15, -0.1) is 0 Å². The number of nitrogens with zero attached hydrogens (tertiary/aromatic N) is 1. The highest BCUT2D eigenvalue weighted by Gasteiger charge is 2.37. The number of rotatable bonds is 8. The molecule has 7 nitrogen and oxygen atoms in total. The maximum atomic E-state index is 13.7. The molecule has 3 aromatic rings. The van der Waals surface area contributed by atoms with Gasteiger partial charge in [0.25, 0.3) is 10.0 Å². The molecule has 1 atom stereocenters. The van der Waals surface area contributed by atoms with Crippen LogP contribution in [0.2, 0.25) is 0 Å². The van der Waals surface area contributed by atoms with Crippen LogP contribution in [0.15, 0.2) is 65.6 Å². The maximum absolute atomic E-state index is 13.7. The Morgan fingerprint density at radius 1 is 1.02 bits per heavy atom. The molecule has 3 aromatic carbocycles. The number of halogens is 6. The van der Waals surface area contributed by atoms with E-state index in [9.17, 15) is 39.6 Å². The van der Waals surface area contributed by atoms with Crippen molar-refractivity contribution < 1.29 is 54.1 Å². The van der Waals surface area contributed by atoms with E-state index in [1.807, 2.05) is 0 Å². The molecule has 0 saturated heterocycles. The Labute approximate surface area is 236 Å². The van der Waals surface area contributed by atoms with Gasteiger partial charge < -0.3 is 14.6 Å². The number of carbonyl (C=O) groups is 1. The molecule has 14 heteroatoms. The van der Waals surface area contributed by atoms with Gasteiger partial charge in [0.2, 0.25) is 0 Å². The van der Waals surface area contributed by atoms with E-state index in [1.54, 1.807) is 0 Å². The number of fused-ring (bicyclic) bond motifs is 1. The largest absolute Gasteiger partial charge is 0.496 e. The van der Waals surface area contributed by atoms with E-state index >= 15 is 0 Å². The van der Waals surface area contributed by atoms with Crippen LogP contribution in [0.25, 0.3) is 12.2 Å². The molecule has 42 heavy (non-hydrogen) atoms. The van der Waals surface area contributed by atoms with Gasteiger partial charge in [0.15, 0.2) is 0 Å². The van der Waals surface area contributed by atoms with E-state index < -0.39 is 57.0 Å². The third kappa shape index (κ3) is 6.64. The lowest BCUT2D eigenvalue weighted by molar-refractivity contribution is -0.138. The molecule has 0 fully saturated rings. The molecule has 0 amide bonds. The van der Waals surface area contributed by atoms with E-state index in [1.165, 1.54) is 43.5 Å². The molecule has 0 bridgehead atoms. The summed E-state index contributed by atoms with van der Waals surface area (Å²) in [5.74, 6) is -1.22. The van der Waals surface area contributed by atoms with Crippen molar-refractivity contribution in [3.63, 3.8) is 0 Å². The van der Waals surface area contributed by atoms with Crippen molar-refractivity contribution in [2.75, 3.05) is 18.0 Å². The minimum Gasteiger partial charge on any atom is -0.496 e. The first kappa shape index (κ1) is 30.8. The van der Waals surface area contributed by atoms with Gasteiger partial charge in [-0.25, -0.2) is 8.42 Å². The van der Waals surface area contributed by atoms with E-state index in [4.69, 9.17) is 14.6 Å². The summed E-state index contributed by atoms with van der Waals surface area (Å²) >= 11 is 0. The van der Waals surface area contributed by atoms with Gasteiger partial charge >= 0.3 is 18.3 Å². The number of methoxy groups -OCH3 is 1. The van der Waals surface area contributed by atoms with Crippen molar-refractivity contribution in [3.05, 3.63) is 82.9 Å². The highest BCUT2D eigenvalue weighted by Crippen LogP contribution is 2.41. The minimum absolute atomic E-state index is 0.00221. The summed E-state index contributed by atoms with van der Waals surface area (Å²) in [5, 5.41) is 9.07. The van der Waals surface area contributed by atoms with Gasteiger partial charge in [0.05, 0.1) is 35.4 Å². The van der Waals surface area contributed by atoms with Gasteiger partial charge in [0.1, 0.15) is 17.6 Å². The average molecular weight is 616 g/mol. The van der Waals surface area contributed by atoms with Gasteiger partial charge in [-0.3, -0.25) is 9.10 Å². The SMILES string of the molecule is COc1cccc(C(F)(F)F)c1C=Cc1ccc2c(c1)N(S(=O)(=O)c1cccc(C(F)(F)F)c1)CC(CCC(=O)O)O2. The number of alkyl halides is 6. The zero-order valence-electron chi connectivity index (χ0n) is 21.7. The number of anilines is 1. The summed E-state index contributed by atoms with van der Waals surface area (Å²) in [7, 11) is -3.43. The lowest BCUT2D eigenvalue weighted by Gasteiger charge is -2.35. The van der Waals surface area contributed by atoms with Gasteiger partial charge in [-0.05, 0) is 54.4 Å². The topological polar surface area (TPSA) is 93.1 Å². The second kappa shape index (κ2) is 11.6. The number of hydrogen-bond acceptors (Lipinski definition) is 5. The average Bonchev–Trinajstić information content (AvgIpc) is 2.93. The molecule has 0 spiro atoms. The zero-order valence-corrected chi connectivity index (χ0v) is 22.6. The van der Waals surface area contributed by atoms with Crippen molar-refractivity contribution in [2.45, 2.75) is 36.2 Å². The highest BCUT2D eigenvalue weighted by molar-refractivity contribution is 7.92. The third-order valence-electron chi connectivity index (χ3n) is 6.38. The summed E-state index contributed by atoms with van der Waals surface area (Å²) < 4.78 is 120. The Bertz CT molecular complexity index is 1620. The van der Waals surface area contributed by atoms with Crippen LogP contribution in [-0.2, 0) is 27.2 Å². The van der Waals surface area contributed by atoms with Crippen LogP contribution in [0.1, 0.15) is 35.1 Å². The van der Waals surface area contributed by atoms with Crippen LogP contribution in [0.3, 0.4) is 0 Å². The number of sulfonamides is 1. The number of carboxylic acids is 1. The second-order valence-corrected chi connectivity index (χ2v) is 11.1. The maximum Gasteiger partial charge on any atom is 0.417 e. The number of aliphatic carboxylic acids is 1. The fourth-order valence-electron chi connectivity index (χ4n) is 4.38. The Morgan fingerprint density at radius 3 is 2.38 bits per heavy atom. The van der Waals surface area contributed by atoms with Gasteiger partial charge in [0, 0.05) is 12.0 Å². The van der Waals surface area contributed by atoms with E-state index in [2.05, 4.69) is 0 Å². The van der Waals surface area contributed by atoms with Crippen molar-refractivity contribution in [3.8, 4) is 11.5 Å². The summed E-state index contributed by atoms with van der Waals surface area (Å²) in [6.45, 7) is -0.420. The second-order valence-electron chi connectivity index (χ2n) is 9.21. The molecule has 0 radical (unpaired) electrons. The van der Waals surface area contributed by atoms with E-state index in [0.29, 0.717) is 6.07 Å². The molecule has 0 saturated carbocycles. The van der Waals surface area contributed by atoms with E-state index in [0.717, 1.165) is 34.6 Å². The Kier molecular flexibility index (Phi) is 8.48. The monoisotopic (exact) mass is 615 g/mol. The number of ether oxygens (including phenoxy) is 2. The molecule has 1 N–H and O–H groups in total. The van der Waals surface area contributed by atoms with E-state index in [-0.39, 0.29) is 41.2 Å². The van der Waals surface area contributed by atoms with Gasteiger partial charge in [-0.2, -0.15) is 26.3 Å². The predicted octanol–water partition coefficient (Wildman–Crippen LogP) is 6.72. The molecular weight excluding hydrogens is 592 g/mol. The normalized spacial score (nSPS) is 15.8. The molecule has 1 aliphatic rings. The number of hydrogen-bond donors (Lipinski definition) is 1. The lowest BCUT2D eigenvalue weighted by Crippen LogP contribution is -2.43. The molecule has 4 rings (SSSR count). The molecule has 0 aromatic heterocycles. The fourth-order valence-corrected chi connectivity index (χ4v) is 5.92. The quantitative estimate of drug-likeness (QED) is 0.223. The number of benzene rings is 3. The summed E-state index contributed by atoms with van der Waals surface area (Å²) in [4.78, 5) is 10.4. The molecule has 1 aliphatic heterocycles. The minimum atomic E-state index is -4.82. The highest BCUT2D eigenvalue weighted by atomic mass is 32.2. The first-order chi connectivity index (χ1) is 19.6. The first-order valence-corrected chi connectivity index (χ1v) is 13.7. The number of carboxylic acid groups (broad SMARTS) is 1. The molecule has 1 heterocycles. The van der Waals surface area contributed by atoms with Crippen molar-refractivity contribution >= 4 is 33.8 Å². The van der Waals surface area contributed by atoms with Crippen LogP contribution >= 0.6 is 0 Å². The Morgan fingerprint density at radius 2 is 1.74 bits per heavy atom. The zero-order chi connectivity index (χ0) is 30.9. The molecule has 1 unspecified atom stereocenters.